The Balaban J connectivity index is 1.62. The maximum Gasteiger partial charge on any atom is 0.272 e. The van der Waals surface area contributed by atoms with Crippen molar-refractivity contribution in [1.82, 2.24) is 9.88 Å². The molecule has 0 atom stereocenters. The standard InChI is InChI=1S/C18H21N3O3/c1-23-15-8-6-14(7-9-15)20-10-12-21(13-11-20)18(22)16-4-3-5-17(19-16)24-2/h3-9H,10-13H2,1-2H3. The number of carbonyl (C=O) groups is 1. The molecule has 1 aliphatic heterocycles. The Labute approximate surface area is 141 Å². The largest absolute Gasteiger partial charge is 0.497 e. The number of piperazine rings is 1. The van der Waals surface area contributed by atoms with Crippen molar-refractivity contribution in [2.75, 3.05) is 45.3 Å². The first kappa shape index (κ1) is 16.1. The number of rotatable bonds is 4. The van der Waals surface area contributed by atoms with Crippen LogP contribution in [0.4, 0.5) is 5.69 Å². The van der Waals surface area contributed by atoms with E-state index in [1.807, 2.05) is 29.2 Å². The lowest BCUT2D eigenvalue weighted by molar-refractivity contribution is 0.0740. The molecule has 1 aliphatic rings. The normalized spacial score (nSPS) is 14.4. The fourth-order valence-electron chi connectivity index (χ4n) is 2.77. The number of aromatic nitrogens is 1. The molecule has 1 fully saturated rings. The summed E-state index contributed by atoms with van der Waals surface area (Å²) >= 11 is 0. The van der Waals surface area contributed by atoms with E-state index in [4.69, 9.17) is 9.47 Å². The van der Waals surface area contributed by atoms with Crippen molar-refractivity contribution in [3.8, 4) is 11.6 Å². The number of hydrogen-bond acceptors (Lipinski definition) is 5. The second-order valence-electron chi connectivity index (χ2n) is 5.54. The summed E-state index contributed by atoms with van der Waals surface area (Å²) in [6.45, 7) is 2.93. The van der Waals surface area contributed by atoms with Gasteiger partial charge in [-0.05, 0) is 30.3 Å². The molecule has 0 radical (unpaired) electrons. The second-order valence-corrected chi connectivity index (χ2v) is 5.54. The van der Waals surface area contributed by atoms with E-state index in [-0.39, 0.29) is 5.91 Å². The minimum atomic E-state index is -0.0525. The molecule has 0 bridgehead atoms. The number of ether oxygens (including phenoxy) is 2. The van der Waals surface area contributed by atoms with Crippen molar-refractivity contribution in [3.63, 3.8) is 0 Å². The zero-order chi connectivity index (χ0) is 16.9. The second kappa shape index (κ2) is 7.21. The fourth-order valence-corrected chi connectivity index (χ4v) is 2.77. The number of carbonyl (C=O) groups excluding carboxylic acids is 1. The molecule has 0 unspecified atom stereocenters. The van der Waals surface area contributed by atoms with E-state index < -0.39 is 0 Å². The average molecular weight is 327 g/mol. The smallest absolute Gasteiger partial charge is 0.272 e. The Morgan fingerprint density at radius 2 is 1.67 bits per heavy atom. The summed E-state index contributed by atoms with van der Waals surface area (Å²) in [6, 6.07) is 13.2. The lowest BCUT2D eigenvalue weighted by atomic mass is 10.2. The Morgan fingerprint density at radius 3 is 2.29 bits per heavy atom. The van der Waals surface area contributed by atoms with E-state index in [2.05, 4.69) is 9.88 Å². The number of benzene rings is 1. The number of pyridine rings is 1. The maximum atomic E-state index is 12.6. The van der Waals surface area contributed by atoms with Crippen LogP contribution in [0.15, 0.2) is 42.5 Å². The molecule has 1 saturated heterocycles. The van der Waals surface area contributed by atoms with Gasteiger partial charge >= 0.3 is 0 Å². The fraction of sp³-hybridized carbons (Fsp3) is 0.333. The molecule has 3 rings (SSSR count). The molecule has 24 heavy (non-hydrogen) atoms. The molecular formula is C18H21N3O3. The van der Waals surface area contributed by atoms with Gasteiger partial charge in [-0.25, -0.2) is 4.98 Å². The highest BCUT2D eigenvalue weighted by Gasteiger charge is 2.23. The SMILES string of the molecule is COc1ccc(N2CCN(C(=O)c3cccc(OC)n3)CC2)cc1. The van der Waals surface area contributed by atoms with Gasteiger partial charge in [-0.1, -0.05) is 6.07 Å². The van der Waals surface area contributed by atoms with Crippen molar-refractivity contribution in [2.24, 2.45) is 0 Å². The molecule has 2 aromatic rings. The van der Waals surface area contributed by atoms with Gasteiger partial charge in [0.2, 0.25) is 5.88 Å². The van der Waals surface area contributed by atoms with Crippen molar-refractivity contribution in [3.05, 3.63) is 48.2 Å². The molecule has 126 valence electrons. The first-order chi connectivity index (χ1) is 11.7. The van der Waals surface area contributed by atoms with Crippen LogP contribution in [0.3, 0.4) is 0 Å². The van der Waals surface area contributed by atoms with Gasteiger partial charge in [0.05, 0.1) is 14.2 Å². The van der Waals surface area contributed by atoms with Gasteiger partial charge in [0.1, 0.15) is 11.4 Å². The molecule has 1 aromatic heterocycles. The summed E-state index contributed by atoms with van der Waals surface area (Å²) in [7, 11) is 3.20. The summed E-state index contributed by atoms with van der Waals surface area (Å²) in [4.78, 5) is 20.9. The summed E-state index contributed by atoms with van der Waals surface area (Å²) in [6.07, 6.45) is 0. The van der Waals surface area contributed by atoms with Crippen LogP contribution in [-0.2, 0) is 0 Å². The number of amides is 1. The van der Waals surface area contributed by atoms with Crippen molar-refractivity contribution >= 4 is 11.6 Å². The van der Waals surface area contributed by atoms with Gasteiger partial charge in [-0.3, -0.25) is 4.79 Å². The molecule has 0 N–H and O–H groups in total. The lowest BCUT2D eigenvalue weighted by Gasteiger charge is -2.36. The highest BCUT2D eigenvalue weighted by molar-refractivity contribution is 5.92. The van der Waals surface area contributed by atoms with Crippen molar-refractivity contribution in [1.29, 1.82) is 0 Å². The monoisotopic (exact) mass is 327 g/mol. The summed E-state index contributed by atoms with van der Waals surface area (Å²) in [5, 5.41) is 0. The quantitative estimate of drug-likeness (QED) is 0.860. The number of methoxy groups -OCH3 is 2. The van der Waals surface area contributed by atoms with E-state index in [1.165, 1.54) is 0 Å². The summed E-state index contributed by atoms with van der Waals surface area (Å²) < 4.78 is 10.3. The van der Waals surface area contributed by atoms with Crippen LogP contribution in [0.25, 0.3) is 0 Å². The molecule has 1 aromatic carbocycles. The van der Waals surface area contributed by atoms with Gasteiger partial charge in [-0.2, -0.15) is 0 Å². The third-order valence-electron chi connectivity index (χ3n) is 4.16. The van der Waals surface area contributed by atoms with Crippen LogP contribution in [0.5, 0.6) is 11.6 Å². The molecule has 6 heteroatoms. The highest BCUT2D eigenvalue weighted by Crippen LogP contribution is 2.21. The van der Waals surface area contributed by atoms with Crippen molar-refractivity contribution in [2.45, 2.75) is 0 Å². The number of anilines is 1. The van der Waals surface area contributed by atoms with E-state index in [1.54, 1.807) is 32.4 Å². The minimum absolute atomic E-state index is 0.0525. The van der Waals surface area contributed by atoms with Gasteiger partial charge < -0.3 is 19.3 Å². The molecule has 0 spiro atoms. The van der Waals surface area contributed by atoms with E-state index in [0.717, 1.165) is 24.5 Å². The Kier molecular flexibility index (Phi) is 4.84. The summed E-state index contributed by atoms with van der Waals surface area (Å²) in [5.74, 6) is 1.25. The van der Waals surface area contributed by atoms with Gasteiger partial charge in [0, 0.05) is 37.9 Å². The van der Waals surface area contributed by atoms with Crippen LogP contribution >= 0.6 is 0 Å². The van der Waals surface area contributed by atoms with E-state index in [0.29, 0.717) is 24.7 Å². The Bertz CT molecular complexity index is 695. The zero-order valence-corrected chi connectivity index (χ0v) is 13.9. The van der Waals surface area contributed by atoms with Gasteiger partial charge in [0.15, 0.2) is 0 Å². The van der Waals surface area contributed by atoms with E-state index >= 15 is 0 Å². The molecule has 6 nitrogen and oxygen atoms in total. The lowest BCUT2D eigenvalue weighted by Crippen LogP contribution is -2.49. The van der Waals surface area contributed by atoms with Crippen molar-refractivity contribution < 1.29 is 14.3 Å². The van der Waals surface area contributed by atoms with Gasteiger partial charge in [-0.15, -0.1) is 0 Å². The topological polar surface area (TPSA) is 54.9 Å². The van der Waals surface area contributed by atoms with Crippen LogP contribution in [0, 0.1) is 0 Å². The number of nitrogens with zero attached hydrogens (tertiary/aromatic N) is 3. The summed E-state index contributed by atoms with van der Waals surface area (Å²) in [5.41, 5.74) is 1.56. The first-order valence-corrected chi connectivity index (χ1v) is 7.90. The molecule has 1 amide bonds. The van der Waals surface area contributed by atoms with E-state index in [9.17, 15) is 4.79 Å². The predicted molar refractivity (Wildman–Crippen MR) is 91.9 cm³/mol. The average Bonchev–Trinajstić information content (AvgIpc) is 2.67. The third kappa shape index (κ3) is 3.42. The molecule has 2 heterocycles. The van der Waals surface area contributed by atoms with Crippen LogP contribution in [0.2, 0.25) is 0 Å². The Hall–Kier alpha value is -2.76. The van der Waals surface area contributed by atoms with Crippen LogP contribution in [-0.4, -0.2) is 56.2 Å². The molecule has 0 saturated carbocycles. The zero-order valence-electron chi connectivity index (χ0n) is 13.9. The number of hydrogen-bond donors (Lipinski definition) is 0. The van der Waals surface area contributed by atoms with Crippen LogP contribution < -0.4 is 14.4 Å². The van der Waals surface area contributed by atoms with Gasteiger partial charge in [0.25, 0.3) is 5.91 Å². The predicted octanol–water partition coefficient (Wildman–Crippen LogP) is 2.06. The molecule has 0 aliphatic carbocycles. The third-order valence-corrected chi connectivity index (χ3v) is 4.16. The molecular weight excluding hydrogens is 306 g/mol. The Morgan fingerprint density at radius 1 is 0.958 bits per heavy atom. The maximum absolute atomic E-state index is 12.6. The van der Waals surface area contributed by atoms with Crippen LogP contribution in [0.1, 0.15) is 10.5 Å². The minimum Gasteiger partial charge on any atom is -0.497 e. The highest BCUT2D eigenvalue weighted by atomic mass is 16.5. The first-order valence-electron chi connectivity index (χ1n) is 7.90.